The van der Waals surface area contributed by atoms with Crippen molar-refractivity contribution in [3.8, 4) is 11.3 Å². The Morgan fingerprint density at radius 2 is 2.07 bits per heavy atom. The van der Waals surface area contributed by atoms with Crippen molar-refractivity contribution >= 4 is 22.3 Å². The number of hydrogen-bond acceptors (Lipinski definition) is 6. The fraction of sp³-hybridized carbons (Fsp3) is 0.318. The lowest BCUT2D eigenvalue weighted by atomic mass is 10.1. The van der Waals surface area contributed by atoms with Crippen molar-refractivity contribution in [1.29, 1.82) is 0 Å². The predicted molar refractivity (Wildman–Crippen MR) is 113 cm³/mol. The van der Waals surface area contributed by atoms with E-state index in [0.717, 1.165) is 47.6 Å². The lowest BCUT2D eigenvalue weighted by Crippen LogP contribution is -2.22. The summed E-state index contributed by atoms with van der Waals surface area (Å²) >= 11 is 0. The van der Waals surface area contributed by atoms with Crippen LogP contribution in [0.4, 0.5) is 5.69 Å². The van der Waals surface area contributed by atoms with Crippen molar-refractivity contribution in [2.75, 3.05) is 24.5 Å². The van der Waals surface area contributed by atoms with Crippen LogP contribution in [0.2, 0.25) is 0 Å². The third-order valence-corrected chi connectivity index (χ3v) is 5.71. The third kappa shape index (κ3) is 3.07. The number of anilines is 1. The molecule has 7 nitrogen and oxygen atoms in total. The molecule has 0 saturated carbocycles. The molecule has 4 heterocycles. The summed E-state index contributed by atoms with van der Waals surface area (Å²) in [5.74, 6) is 0.525. The molecule has 1 aliphatic heterocycles. The van der Waals surface area contributed by atoms with Crippen LogP contribution in [0.1, 0.15) is 17.8 Å². The Kier molecular flexibility index (Phi) is 4.13. The van der Waals surface area contributed by atoms with Crippen molar-refractivity contribution in [3.63, 3.8) is 0 Å². The van der Waals surface area contributed by atoms with Gasteiger partial charge < -0.3 is 19.5 Å². The summed E-state index contributed by atoms with van der Waals surface area (Å²) in [5.41, 5.74) is 10.6. The number of nitrogens with two attached hydrogens (primary N) is 1. The number of benzene rings is 1. The second-order valence-electron chi connectivity index (χ2n) is 7.83. The van der Waals surface area contributed by atoms with Gasteiger partial charge in [-0.25, -0.2) is 9.78 Å². The molecule has 1 aliphatic rings. The van der Waals surface area contributed by atoms with Crippen molar-refractivity contribution in [2.45, 2.75) is 20.3 Å². The van der Waals surface area contributed by atoms with E-state index in [-0.39, 0.29) is 5.63 Å². The van der Waals surface area contributed by atoms with E-state index in [9.17, 15) is 4.79 Å². The van der Waals surface area contributed by atoms with E-state index >= 15 is 0 Å². The first-order valence-corrected chi connectivity index (χ1v) is 9.88. The number of fused-ring (bicyclic) bond motifs is 2. The van der Waals surface area contributed by atoms with Crippen LogP contribution in [0.15, 0.2) is 45.9 Å². The van der Waals surface area contributed by atoms with Crippen molar-refractivity contribution in [3.05, 3.63) is 58.5 Å². The highest BCUT2D eigenvalue weighted by molar-refractivity contribution is 5.84. The topological polar surface area (TPSA) is 89.7 Å². The van der Waals surface area contributed by atoms with Gasteiger partial charge in [-0.3, -0.25) is 4.98 Å². The fourth-order valence-corrected chi connectivity index (χ4v) is 4.17. The third-order valence-electron chi connectivity index (χ3n) is 5.71. The lowest BCUT2D eigenvalue weighted by molar-refractivity contribution is 0.563. The number of imidazole rings is 1. The summed E-state index contributed by atoms with van der Waals surface area (Å²) in [6.07, 6.45) is 4.85. The van der Waals surface area contributed by atoms with Gasteiger partial charge in [0, 0.05) is 42.6 Å². The lowest BCUT2D eigenvalue weighted by Gasteiger charge is -2.18. The molecular formula is C22H23N5O2. The van der Waals surface area contributed by atoms with E-state index in [2.05, 4.69) is 20.9 Å². The molecule has 1 atom stereocenters. The molecular weight excluding hydrogens is 366 g/mol. The molecule has 0 bridgehead atoms. The van der Waals surface area contributed by atoms with Crippen LogP contribution >= 0.6 is 0 Å². The number of hydrogen-bond donors (Lipinski definition) is 1. The SMILES string of the molecule is Cc1cn2cc(-c3cc4ccc(N5CC[C@H](CN)C5)cc4oc3=O)nc2c(C)n1. The monoisotopic (exact) mass is 389 g/mol. The summed E-state index contributed by atoms with van der Waals surface area (Å²) < 4.78 is 7.58. The molecule has 2 N–H and O–H groups in total. The highest BCUT2D eigenvalue weighted by Crippen LogP contribution is 2.28. The molecule has 1 saturated heterocycles. The first kappa shape index (κ1) is 17.9. The quantitative estimate of drug-likeness (QED) is 0.542. The van der Waals surface area contributed by atoms with Crippen LogP contribution < -0.4 is 16.3 Å². The average Bonchev–Trinajstić information content (AvgIpc) is 3.34. The summed E-state index contributed by atoms with van der Waals surface area (Å²) in [5, 5.41) is 0.876. The minimum Gasteiger partial charge on any atom is -0.422 e. The average molecular weight is 389 g/mol. The van der Waals surface area contributed by atoms with Crippen LogP contribution in [-0.2, 0) is 0 Å². The van der Waals surface area contributed by atoms with Gasteiger partial charge in [-0.15, -0.1) is 0 Å². The van der Waals surface area contributed by atoms with Crippen LogP contribution in [0, 0.1) is 19.8 Å². The molecule has 0 aliphatic carbocycles. The highest BCUT2D eigenvalue weighted by Gasteiger charge is 2.22. The highest BCUT2D eigenvalue weighted by atomic mass is 16.4. The minimum atomic E-state index is -0.387. The number of nitrogens with zero attached hydrogens (tertiary/aromatic N) is 4. The summed E-state index contributed by atoms with van der Waals surface area (Å²) in [6.45, 7) is 6.47. The molecule has 0 radical (unpaired) electrons. The van der Waals surface area contributed by atoms with Gasteiger partial charge in [0.1, 0.15) is 5.58 Å². The molecule has 0 unspecified atom stereocenters. The Morgan fingerprint density at radius 3 is 2.86 bits per heavy atom. The fourth-order valence-electron chi connectivity index (χ4n) is 4.17. The zero-order valence-electron chi connectivity index (χ0n) is 16.6. The van der Waals surface area contributed by atoms with Gasteiger partial charge in [-0.2, -0.15) is 0 Å². The summed E-state index contributed by atoms with van der Waals surface area (Å²) in [4.78, 5) is 24.1. The summed E-state index contributed by atoms with van der Waals surface area (Å²) in [6, 6.07) is 7.88. The maximum atomic E-state index is 12.7. The molecule has 1 aromatic carbocycles. The normalized spacial score (nSPS) is 16.9. The van der Waals surface area contributed by atoms with Crippen LogP contribution in [0.3, 0.4) is 0 Å². The van der Waals surface area contributed by atoms with E-state index < -0.39 is 0 Å². The Balaban J connectivity index is 1.56. The smallest absolute Gasteiger partial charge is 0.345 e. The van der Waals surface area contributed by atoms with Gasteiger partial charge in [0.15, 0.2) is 5.65 Å². The molecule has 1 fully saturated rings. The van der Waals surface area contributed by atoms with Crippen LogP contribution in [0.25, 0.3) is 27.9 Å². The van der Waals surface area contributed by atoms with Crippen molar-refractivity contribution < 1.29 is 4.42 Å². The van der Waals surface area contributed by atoms with Gasteiger partial charge >= 0.3 is 5.63 Å². The van der Waals surface area contributed by atoms with Crippen molar-refractivity contribution in [1.82, 2.24) is 14.4 Å². The maximum absolute atomic E-state index is 12.7. The maximum Gasteiger partial charge on any atom is 0.345 e. The van der Waals surface area contributed by atoms with Crippen molar-refractivity contribution in [2.24, 2.45) is 11.7 Å². The van der Waals surface area contributed by atoms with E-state index in [1.807, 2.05) is 48.8 Å². The standard InChI is InChI=1S/C22H23N5O2/c1-13-10-27-12-19(25-21(27)14(2)24-13)18-7-16-3-4-17(8-20(16)29-22(18)28)26-6-5-15(9-23)11-26/h3-4,7-8,10,12,15H,5-6,9,11,23H2,1-2H3/t15-/m1/s1. The van der Waals surface area contributed by atoms with Gasteiger partial charge in [0.05, 0.1) is 22.6 Å². The van der Waals surface area contributed by atoms with Gasteiger partial charge in [0.25, 0.3) is 0 Å². The molecule has 29 heavy (non-hydrogen) atoms. The predicted octanol–water partition coefficient (Wildman–Crippen LogP) is 2.90. The van der Waals surface area contributed by atoms with E-state index in [1.54, 1.807) is 0 Å². The van der Waals surface area contributed by atoms with E-state index in [4.69, 9.17) is 10.2 Å². The number of rotatable bonds is 3. The Morgan fingerprint density at radius 1 is 1.21 bits per heavy atom. The Hall–Kier alpha value is -3.19. The number of aryl methyl sites for hydroxylation is 2. The van der Waals surface area contributed by atoms with Crippen LogP contribution in [-0.4, -0.2) is 34.0 Å². The Bertz CT molecular complexity index is 1290. The number of aromatic nitrogens is 3. The zero-order valence-corrected chi connectivity index (χ0v) is 16.6. The molecule has 5 rings (SSSR count). The zero-order chi connectivity index (χ0) is 20.1. The molecule has 4 aromatic rings. The van der Waals surface area contributed by atoms with Crippen LogP contribution in [0.5, 0.6) is 0 Å². The van der Waals surface area contributed by atoms with E-state index in [0.29, 0.717) is 29.3 Å². The molecule has 3 aromatic heterocycles. The van der Waals surface area contributed by atoms with Gasteiger partial charge in [0.2, 0.25) is 0 Å². The largest absolute Gasteiger partial charge is 0.422 e. The van der Waals surface area contributed by atoms with Gasteiger partial charge in [-0.1, -0.05) is 0 Å². The summed E-state index contributed by atoms with van der Waals surface area (Å²) in [7, 11) is 0. The second kappa shape index (κ2) is 6.70. The molecule has 0 spiro atoms. The molecule has 7 heteroatoms. The van der Waals surface area contributed by atoms with Gasteiger partial charge in [-0.05, 0) is 50.9 Å². The first-order chi connectivity index (χ1) is 14.0. The molecule has 0 amide bonds. The Labute approximate surface area is 167 Å². The molecule has 148 valence electrons. The second-order valence-corrected chi connectivity index (χ2v) is 7.83. The minimum absolute atomic E-state index is 0.387. The first-order valence-electron chi connectivity index (χ1n) is 9.88. The van der Waals surface area contributed by atoms with E-state index in [1.165, 1.54) is 0 Å².